The van der Waals surface area contributed by atoms with E-state index in [2.05, 4.69) is 5.73 Å². The van der Waals surface area contributed by atoms with Crippen LogP contribution < -0.4 is 5.73 Å². The zero-order chi connectivity index (χ0) is 5.86. The molecule has 2 N–H and O–H groups in total. The Morgan fingerprint density at radius 1 is 2.00 bits per heavy atom. The second-order valence-corrected chi connectivity index (χ2v) is 1.23. The topological polar surface area (TPSA) is 46.3 Å². The maximum atomic E-state index is 11.5. The fourth-order valence-corrected chi connectivity index (χ4v) is 0.215. The number of amides is 1. The lowest BCUT2D eigenvalue weighted by Crippen LogP contribution is -2.24. The van der Waals surface area contributed by atoms with Crippen molar-refractivity contribution in [2.45, 2.75) is 0 Å². The molecule has 0 aromatic carbocycles. The molecule has 7 heavy (non-hydrogen) atoms. The second-order valence-electron chi connectivity index (χ2n) is 1.23. The van der Waals surface area contributed by atoms with Crippen molar-refractivity contribution in [3.05, 3.63) is 0 Å². The first kappa shape index (κ1) is 6.36. The molecule has 0 saturated carbocycles. The van der Waals surface area contributed by atoms with Gasteiger partial charge in [-0.15, -0.1) is 9.60 Å². The summed E-state index contributed by atoms with van der Waals surface area (Å²) in [5, 5.41) is 0.225. The summed E-state index contributed by atoms with van der Waals surface area (Å²) < 4.78 is 11.5. The van der Waals surface area contributed by atoms with Crippen molar-refractivity contribution in [3.63, 3.8) is 0 Å². The lowest BCUT2D eigenvalue weighted by molar-refractivity contribution is -0.122. The van der Waals surface area contributed by atoms with E-state index in [4.69, 9.17) is 0 Å². The van der Waals surface area contributed by atoms with Gasteiger partial charge in [-0.25, -0.2) is 0 Å². The highest BCUT2D eigenvalue weighted by molar-refractivity contribution is 5.75. The summed E-state index contributed by atoms with van der Waals surface area (Å²) in [6.45, 7) is -0.333. The van der Waals surface area contributed by atoms with E-state index in [-0.39, 0.29) is 11.7 Å². The molecule has 0 spiro atoms. The first-order valence-electron chi connectivity index (χ1n) is 1.78. The van der Waals surface area contributed by atoms with Crippen LogP contribution in [0.1, 0.15) is 0 Å². The highest BCUT2D eigenvalue weighted by atomic mass is 19.2. The summed E-state index contributed by atoms with van der Waals surface area (Å²) in [7, 11) is 1.13. The number of primary amides is 1. The van der Waals surface area contributed by atoms with Crippen LogP contribution in [0.25, 0.3) is 0 Å². The van der Waals surface area contributed by atoms with Gasteiger partial charge in [0.1, 0.15) is 6.54 Å². The molecule has 0 atom stereocenters. The molecule has 42 valence electrons. The van der Waals surface area contributed by atoms with Gasteiger partial charge < -0.3 is 5.73 Å². The molecule has 0 aliphatic rings. The molecule has 0 aliphatic heterocycles. The molecular formula is C3H7FN2O. The Labute approximate surface area is 40.8 Å². The van der Waals surface area contributed by atoms with Crippen LogP contribution in [-0.2, 0) is 4.79 Å². The lowest BCUT2D eigenvalue weighted by atomic mass is 10.6. The van der Waals surface area contributed by atoms with Crippen molar-refractivity contribution in [2.75, 3.05) is 13.6 Å². The Hall–Kier alpha value is -0.640. The summed E-state index contributed by atoms with van der Waals surface area (Å²) in [6.07, 6.45) is 0. The Balaban J connectivity index is 3.13. The molecule has 3 nitrogen and oxygen atoms in total. The summed E-state index contributed by atoms with van der Waals surface area (Å²) in [6, 6.07) is 0. The number of nitrogens with two attached hydrogens (primary N) is 1. The average Bonchev–Trinajstić information content (AvgIpc) is 1.27. The van der Waals surface area contributed by atoms with E-state index < -0.39 is 5.91 Å². The normalized spacial score (nSPS) is 9.57. The number of hydrogen-bond acceptors (Lipinski definition) is 2. The predicted octanol–water partition coefficient (Wildman–Crippen LogP) is -0.712. The number of carbonyl (C=O) groups is 1. The van der Waals surface area contributed by atoms with Crippen molar-refractivity contribution in [3.8, 4) is 0 Å². The molecule has 0 fully saturated rings. The predicted molar refractivity (Wildman–Crippen MR) is 22.9 cm³/mol. The van der Waals surface area contributed by atoms with E-state index in [1.807, 2.05) is 0 Å². The van der Waals surface area contributed by atoms with E-state index in [9.17, 15) is 9.28 Å². The zero-order valence-electron chi connectivity index (χ0n) is 4.02. The lowest BCUT2D eigenvalue weighted by Gasteiger charge is -1.96. The van der Waals surface area contributed by atoms with Crippen molar-refractivity contribution < 1.29 is 9.28 Å². The Morgan fingerprint density at radius 2 is 2.43 bits per heavy atom. The third kappa shape index (κ3) is 5.36. The summed E-state index contributed by atoms with van der Waals surface area (Å²) in [5.41, 5.74) is 4.57. The van der Waals surface area contributed by atoms with Gasteiger partial charge in [-0.1, -0.05) is 0 Å². The third-order valence-electron chi connectivity index (χ3n) is 0.374. The van der Waals surface area contributed by atoms with Gasteiger partial charge in [0.25, 0.3) is 0 Å². The monoisotopic (exact) mass is 106 g/mol. The van der Waals surface area contributed by atoms with Crippen LogP contribution in [0.2, 0.25) is 0 Å². The van der Waals surface area contributed by atoms with Gasteiger partial charge in [-0.2, -0.15) is 0 Å². The first-order chi connectivity index (χ1) is 3.13. The van der Waals surface area contributed by atoms with Crippen molar-refractivity contribution in [1.29, 1.82) is 0 Å². The first-order valence-corrected chi connectivity index (χ1v) is 1.78. The molecule has 0 aromatic rings. The quantitative estimate of drug-likeness (QED) is 0.472. The van der Waals surface area contributed by atoms with E-state index in [1.165, 1.54) is 0 Å². The molecule has 0 radical (unpaired) electrons. The third-order valence-corrected chi connectivity index (χ3v) is 0.374. The molecule has 1 amide bonds. The van der Waals surface area contributed by atoms with Gasteiger partial charge >= 0.3 is 0 Å². The fraction of sp³-hybridized carbons (Fsp3) is 0.667. The second kappa shape index (κ2) is 2.52. The number of nitrogens with zero attached hydrogens (tertiary/aromatic N) is 1. The van der Waals surface area contributed by atoms with Gasteiger partial charge in [-0.3, -0.25) is 4.79 Å². The molecule has 4 heteroatoms. The van der Waals surface area contributed by atoms with E-state index in [0.717, 1.165) is 7.05 Å². The fourth-order valence-electron chi connectivity index (χ4n) is 0.215. The standard InChI is InChI=1S/C3H7FN2O/c1-6(4)2-3(5)7/h2H2,1H3,(H2,5,7). The van der Waals surface area contributed by atoms with E-state index in [1.54, 1.807) is 0 Å². The van der Waals surface area contributed by atoms with Gasteiger partial charge in [0.2, 0.25) is 5.91 Å². The van der Waals surface area contributed by atoms with Crippen LogP contribution in [0.5, 0.6) is 0 Å². The highest BCUT2D eigenvalue weighted by Gasteiger charge is 1.96. The van der Waals surface area contributed by atoms with Gasteiger partial charge in [0, 0.05) is 7.05 Å². The van der Waals surface area contributed by atoms with Crippen LogP contribution in [0.4, 0.5) is 4.48 Å². The zero-order valence-corrected chi connectivity index (χ0v) is 4.02. The summed E-state index contributed by atoms with van der Waals surface area (Å²) in [4.78, 5) is 9.75. The molecule has 0 rings (SSSR count). The average molecular weight is 106 g/mol. The minimum atomic E-state index is -0.662. The van der Waals surface area contributed by atoms with Crippen molar-refractivity contribution >= 4 is 5.91 Å². The Bertz CT molecular complexity index is 73.3. The number of halogens is 1. The van der Waals surface area contributed by atoms with Crippen LogP contribution in [0.15, 0.2) is 0 Å². The Morgan fingerprint density at radius 3 is 2.43 bits per heavy atom. The maximum Gasteiger partial charge on any atom is 0.234 e. The van der Waals surface area contributed by atoms with Crippen LogP contribution in [0.3, 0.4) is 0 Å². The van der Waals surface area contributed by atoms with Crippen LogP contribution in [-0.4, -0.2) is 24.6 Å². The van der Waals surface area contributed by atoms with E-state index >= 15 is 0 Å². The molecule has 0 saturated heterocycles. The smallest absolute Gasteiger partial charge is 0.234 e. The van der Waals surface area contributed by atoms with E-state index in [0.29, 0.717) is 0 Å². The van der Waals surface area contributed by atoms with Crippen molar-refractivity contribution in [1.82, 2.24) is 5.12 Å². The van der Waals surface area contributed by atoms with Gasteiger partial charge in [0.05, 0.1) is 0 Å². The minimum Gasteiger partial charge on any atom is -0.368 e. The number of carbonyl (C=O) groups excluding carboxylic acids is 1. The number of likely N-dealkylation sites (N-methyl/N-ethyl adjacent to an activating group) is 1. The van der Waals surface area contributed by atoms with Crippen LogP contribution in [0, 0.1) is 0 Å². The maximum absolute atomic E-state index is 11.5. The largest absolute Gasteiger partial charge is 0.368 e. The molecule has 0 aromatic heterocycles. The molecule has 0 heterocycles. The molecule has 0 unspecified atom stereocenters. The SMILES string of the molecule is CN(F)CC(N)=O. The van der Waals surface area contributed by atoms with Gasteiger partial charge in [-0.05, 0) is 0 Å². The molecule has 0 bridgehead atoms. The number of rotatable bonds is 2. The minimum absolute atomic E-state index is 0.225. The summed E-state index contributed by atoms with van der Waals surface area (Å²) >= 11 is 0. The molecular weight excluding hydrogens is 99.0 g/mol. The Kier molecular flexibility index (Phi) is 2.29. The van der Waals surface area contributed by atoms with Crippen LogP contribution >= 0.6 is 0 Å². The van der Waals surface area contributed by atoms with Crippen molar-refractivity contribution in [2.24, 2.45) is 5.73 Å². The number of hydrogen-bond donors (Lipinski definition) is 1. The highest BCUT2D eigenvalue weighted by Crippen LogP contribution is 1.75. The summed E-state index contributed by atoms with van der Waals surface area (Å²) in [5.74, 6) is -0.662. The molecule has 0 aliphatic carbocycles. The van der Waals surface area contributed by atoms with Gasteiger partial charge in [0.15, 0.2) is 0 Å².